The minimum absolute atomic E-state index is 0.0793. The Bertz CT molecular complexity index is 823. The number of hydrogen-bond donors (Lipinski definition) is 2. The van der Waals surface area contributed by atoms with Gasteiger partial charge in [0.15, 0.2) is 0 Å². The third kappa shape index (κ3) is 7.08. The summed E-state index contributed by atoms with van der Waals surface area (Å²) in [6.45, 7) is 0.849. The predicted octanol–water partition coefficient (Wildman–Crippen LogP) is 4.00. The van der Waals surface area contributed by atoms with Crippen LogP contribution >= 0.6 is 0 Å². The van der Waals surface area contributed by atoms with Crippen molar-refractivity contribution < 1.29 is 19.7 Å². The van der Waals surface area contributed by atoms with Gasteiger partial charge in [-0.25, -0.2) is 0 Å². The molecule has 0 fully saturated rings. The average molecular weight is 407 g/mol. The molecular formula is C26H30O4. The molecular weight excluding hydrogens is 376 g/mol. The summed E-state index contributed by atoms with van der Waals surface area (Å²) in [5.41, 5.74) is 3.17. The number of rotatable bonds is 12. The van der Waals surface area contributed by atoms with Crippen LogP contribution in [0.4, 0.5) is 0 Å². The number of benzene rings is 3. The van der Waals surface area contributed by atoms with E-state index in [0.717, 1.165) is 16.7 Å². The van der Waals surface area contributed by atoms with E-state index in [1.807, 2.05) is 91.0 Å². The van der Waals surface area contributed by atoms with Gasteiger partial charge in [0.1, 0.15) is 6.10 Å². The Balaban J connectivity index is 1.64. The van der Waals surface area contributed by atoms with Crippen molar-refractivity contribution in [3.8, 4) is 0 Å². The van der Waals surface area contributed by atoms with E-state index in [4.69, 9.17) is 9.47 Å². The number of aliphatic hydroxyl groups excluding tert-OH is 2. The Hall–Kier alpha value is -2.50. The van der Waals surface area contributed by atoms with Gasteiger partial charge in [-0.15, -0.1) is 0 Å². The van der Waals surface area contributed by atoms with Crippen LogP contribution in [0.5, 0.6) is 0 Å². The molecule has 3 rings (SSSR count). The zero-order valence-corrected chi connectivity index (χ0v) is 17.1. The molecule has 0 aliphatic carbocycles. The summed E-state index contributed by atoms with van der Waals surface area (Å²) in [6.07, 6.45) is -0.781. The molecule has 3 aromatic rings. The van der Waals surface area contributed by atoms with E-state index in [1.54, 1.807) is 0 Å². The largest absolute Gasteiger partial charge is 0.396 e. The highest BCUT2D eigenvalue weighted by Gasteiger charge is 2.29. The van der Waals surface area contributed by atoms with E-state index >= 15 is 0 Å². The minimum atomic E-state index is -0.849. The summed E-state index contributed by atoms with van der Waals surface area (Å²) in [6, 6.07) is 29.7. The lowest BCUT2D eigenvalue weighted by Gasteiger charge is -2.30. The normalized spacial score (nSPS) is 14.2. The van der Waals surface area contributed by atoms with Crippen LogP contribution in [0.15, 0.2) is 91.0 Å². The van der Waals surface area contributed by atoms with E-state index < -0.39 is 12.2 Å². The maximum atomic E-state index is 10.9. The first-order chi connectivity index (χ1) is 14.8. The second kappa shape index (κ2) is 12.3. The Morgan fingerprint density at radius 3 is 1.70 bits per heavy atom. The van der Waals surface area contributed by atoms with E-state index in [0.29, 0.717) is 19.6 Å². The highest BCUT2D eigenvalue weighted by Crippen LogP contribution is 2.20. The molecule has 30 heavy (non-hydrogen) atoms. The molecule has 0 spiro atoms. The summed E-state index contributed by atoms with van der Waals surface area (Å²) in [7, 11) is 0. The Morgan fingerprint density at radius 2 is 1.17 bits per heavy atom. The first-order valence-electron chi connectivity index (χ1n) is 10.4. The highest BCUT2D eigenvalue weighted by atomic mass is 16.5. The van der Waals surface area contributed by atoms with Crippen LogP contribution in [0.2, 0.25) is 0 Å². The average Bonchev–Trinajstić information content (AvgIpc) is 2.80. The van der Waals surface area contributed by atoms with Gasteiger partial charge < -0.3 is 19.7 Å². The van der Waals surface area contributed by atoms with Crippen molar-refractivity contribution >= 4 is 0 Å². The van der Waals surface area contributed by atoms with Gasteiger partial charge in [-0.2, -0.15) is 0 Å². The van der Waals surface area contributed by atoms with Crippen LogP contribution in [0, 0.1) is 5.92 Å². The zero-order valence-electron chi connectivity index (χ0n) is 17.1. The lowest BCUT2D eigenvalue weighted by Crippen LogP contribution is -2.41. The quantitative estimate of drug-likeness (QED) is 0.477. The van der Waals surface area contributed by atoms with Crippen LogP contribution in [0.3, 0.4) is 0 Å². The maximum Gasteiger partial charge on any atom is 0.104 e. The molecule has 0 aliphatic rings. The molecule has 0 bridgehead atoms. The summed E-state index contributed by atoms with van der Waals surface area (Å²) in [4.78, 5) is 0. The van der Waals surface area contributed by atoms with Crippen molar-refractivity contribution in [1.82, 2.24) is 0 Å². The monoisotopic (exact) mass is 406 g/mol. The van der Waals surface area contributed by atoms with E-state index in [1.165, 1.54) is 0 Å². The SMILES string of the molecule is OCC(Cc1ccccc1)[C@@H](OCc1ccccc1)[C@H](O)COCc1ccccc1. The lowest BCUT2D eigenvalue weighted by molar-refractivity contribution is -0.112. The van der Waals surface area contributed by atoms with Crippen LogP contribution in [-0.4, -0.2) is 35.6 Å². The second-order valence-corrected chi connectivity index (χ2v) is 7.46. The minimum Gasteiger partial charge on any atom is -0.396 e. The molecule has 0 saturated carbocycles. The van der Waals surface area contributed by atoms with Crippen molar-refractivity contribution in [3.63, 3.8) is 0 Å². The Morgan fingerprint density at radius 1 is 0.667 bits per heavy atom. The van der Waals surface area contributed by atoms with Gasteiger partial charge in [-0.1, -0.05) is 91.0 Å². The molecule has 0 amide bonds. The summed E-state index contributed by atoms with van der Waals surface area (Å²) in [5.74, 6) is -0.244. The number of ether oxygens (including phenoxy) is 2. The molecule has 3 atom stereocenters. The van der Waals surface area contributed by atoms with E-state index in [9.17, 15) is 10.2 Å². The molecule has 3 aromatic carbocycles. The van der Waals surface area contributed by atoms with Gasteiger partial charge in [0.25, 0.3) is 0 Å². The fourth-order valence-corrected chi connectivity index (χ4v) is 3.50. The van der Waals surface area contributed by atoms with Gasteiger partial charge in [0, 0.05) is 12.5 Å². The van der Waals surface area contributed by atoms with E-state index in [-0.39, 0.29) is 19.1 Å². The second-order valence-electron chi connectivity index (χ2n) is 7.46. The third-order valence-electron chi connectivity index (χ3n) is 5.10. The summed E-state index contributed by atoms with van der Waals surface area (Å²) < 4.78 is 11.9. The highest BCUT2D eigenvalue weighted by molar-refractivity contribution is 5.16. The van der Waals surface area contributed by atoms with Gasteiger partial charge in [-0.05, 0) is 23.1 Å². The van der Waals surface area contributed by atoms with Crippen LogP contribution in [0.1, 0.15) is 16.7 Å². The molecule has 158 valence electrons. The molecule has 0 heterocycles. The molecule has 0 aromatic heterocycles. The smallest absolute Gasteiger partial charge is 0.104 e. The fraction of sp³-hybridized carbons (Fsp3) is 0.308. The maximum absolute atomic E-state index is 10.9. The van der Waals surface area contributed by atoms with Crippen molar-refractivity contribution in [2.75, 3.05) is 13.2 Å². The first-order valence-corrected chi connectivity index (χ1v) is 10.4. The molecule has 4 nitrogen and oxygen atoms in total. The lowest BCUT2D eigenvalue weighted by atomic mass is 9.91. The van der Waals surface area contributed by atoms with Crippen molar-refractivity contribution in [2.24, 2.45) is 5.92 Å². The molecule has 0 aliphatic heterocycles. The van der Waals surface area contributed by atoms with Crippen LogP contribution < -0.4 is 0 Å². The molecule has 2 N–H and O–H groups in total. The zero-order chi connectivity index (χ0) is 21.0. The third-order valence-corrected chi connectivity index (χ3v) is 5.10. The predicted molar refractivity (Wildman–Crippen MR) is 118 cm³/mol. The number of hydrogen-bond acceptors (Lipinski definition) is 4. The fourth-order valence-electron chi connectivity index (χ4n) is 3.50. The van der Waals surface area contributed by atoms with Crippen molar-refractivity contribution in [1.29, 1.82) is 0 Å². The van der Waals surface area contributed by atoms with E-state index in [2.05, 4.69) is 0 Å². The van der Waals surface area contributed by atoms with Gasteiger partial charge >= 0.3 is 0 Å². The molecule has 1 unspecified atom stereocenters. The van der Waals surface area contributed by atoms with Gasteiger partial charge in [0.2, 0.25) is 0 Å². The Kier molecular flexibility index (Phi) is 9.06. The number of aliphatic hydroxyl groups is 2. The standard InChI is InChI=1S/C26H30O4/c27-17-24(16-21-10-4-1-5-11-21)26(30-19-23-14-8-3-9-15-23)25(28)20-29-18-22-12-6-2-7-13-22/h1-15,24-28H,16-20H2/t24?,25-,26-/m1/s1. The Labute approximate surface area is 178 Å². The molecule has 0 saturated heterocycles. The van der Waals surface area contributed by atoms with Crippen molar-refractivity contribution in [2.45, 2.75) is 31.8 Å². The molecule has 0 radical (unpaired) electrons. The van der Waals surface area contributed by atoms with Crippen molar-refractivity contribution in [3.05, 3.63) is 108 Å². The van der Waals surface area contributed by atoms with Gasteiger partial charge in [-0.3, -0.25) is 0 Å². The molecule has 4 heteroatoms. The first kappa shape index (κ1) is 22.2. The summed E-state index contributed by atoms with van der Waals surface area (Å²) >= 11 is 0. The summed E-state index contributed by atoms with van der Waals surface area (Å²) in [5, 5.41) is 21.0. The van der Waals surface area contributed by atoms with Gasteiger partial charge in [0.05, 0.1) is 25.9 Å². The topological polar surface area (TPSA) is 58.9 Å². The van der Waals surface area contributed by atoms with Crippen LogP contribution in [-0.2, 0) is 29.1 Å². The van der Waals surface area contributed by atoms with Crippen LogP contribution in [0.25, 0.3) is 0 Å².